The van der Waals surface area contributed by atoms with Gasteiger partial charge in [-0.1, -0.05) is 6.07 Å². The highest BCUT2D eigenvalue weighted by atomic mass is 32.2. The topological polar surface area (TPSA) is 91.0 Å². The Bertz CT molecular complexity index is 827. The minimum Gasteiger partial charge on any atom is -0.372 e. The van der Waals surface area contributed by atoms with Crippen molar-refractivity contribution in [2.45, 2.75) is 64.0 Å². The first-order valence-corrected chi connectivity index (χ1v) is 12.3. The molecule has 0 radical (unpaired) electrons. The lowest BCUT2D eigenvalue weighted by Gasteiger charge is -2.37. The number of hydrogen-bond acceptors (Lipinski definition) is 5. The summed E-state index contributed by atoms with van der Waals surface area (Å²) in [6.45, 7) is 10.2. The largest absolute Gasteiger partial charge is 0.372 e. The van der Waals surface area contributed by atoms with Crippen LogP contribution in [0.5, 0.6) is 0 Å². The van der Waals surface area contributed by atoms with E-state index in [0.29, 0.717) is 25.9 Å². The lowest BCUT2D eigenvalue weighted by Crippen LogP contribution is -2.48. The maximum atomic E-state index is 12.7. The summed E-state index contributed by atoms with van der Waals surface area (Å²) in [5.74, 6) is 0. The van der Waals surface area contributed by atoms with Gasteiger partial charge >= 0.3 is 6.03 Å². The van der Waals surface area contributed by atoms with Crippen molar-refractivity contribution in [1.82, 2.24) is 9.62 Å². The van der Waals surface area contributed by atoms with E-state index in [1.165, 1.54) is 0 Å². The standard InChI is InChI=1S/C21H34N4O4S/c1-15(2)30(27,28)23-18-8-10-24(11-9-18)21(26)22-19-6-5-7-20(12-19)25-13-16(3)29-17(4)14-25/h5-7,12,15-18,23H,8-11,13-14H2,1-4H3,(H,22,26). The summed E-state index contributed by atoms with van der Waals surface area (Å²) in [6, 6.07) is 7.61. The number of carbonyl (C=O) groups is 1. The molecule has 8 nitrogen and oxygen atoms in total. The molecular weight excluding hydrogens is 404 g/mol. The lowest BCUT2D eigenvalue weighted by atomic mass is 10.1. The van der Waals surface area contributed by atoms with Crippen molar-refractivity contribution in [1.29, 1.82) is 0 Å². The SMILES string of the molecule is CC1CN(c2cccc(NC(=O)N3CCC(NS(=O)(=O)C(C)C)CC3)c2)CC(C)O1. The Kier molecular flexibility index (Phi) is 7.26. The third kappa shape index (κ3) is 5.86. The normalized spacial score (nSPS) is 23.6. The molecule has 2 heterocycles. The van der Waals surface area contributed by atoms with Crippen LogP contribution in [-0.2, 0) is 14.8 Å². The maximum absolute atomic E-state index is 12.7. The Hall–Kier alpha value is -1.84. The van der Waals surface area contributed by atoms with E-state index in [4.69, 9.17) is 4.74 Å². The van der Waals surface area contributed by atoms with Crippen molar-refractivity contribution >= 4 is 27.4 Å². The number of nitrogens with zero attached hydrogens (tertiary/aromatic N) is 2. The monoisotopic (exact) mass is 438 g/mol. The molecule has 0 aromatic heterocycles. The molecule has 2 aliphatic rings. The molecule has 2 saturated heterocycles. The number of benzene rings is 1. The Morgan fingerprint density at radius 1 is 1.13 bits per heavy atom. The van der Waals surface area contributed by atoms with Crippen LogP contribution >= 0.6 is 0 Å². The molecule has 2 atom stereocenters. The smallest absolute Gasteiger partial charge is 0.321 e. The van der Waals surface area contributed by atoms with E-state index in [-0.39, 0.29) is 24.3 Å². The van der Waals surface area contributed by atoms with Gasteiger partial charge in [0, 0.05) is 43.6 Å². The minimum absolute atomic E-state index is 0.116. The van der Waals surface area contributed by atoms with E-state index < -0.39 is 15.3 Å². The average molecular weight is 439 g/mol. The fourth-order valence-corrected chi connectivity index (χ4v) is 4.91. The molecule has 2 fully saturated rings. The minimum atomic E-state index is -3.29. The first kappa shape index (κ1) is 22.8. The second-order valence-electron chi connectivity index (χ2n) is 8.62. The third-order valence-corrected chi connectivity index (χ3v) is 7.52. The molecule has 2 N–H and O–H groups in total. The van der Waals surface area contributed by atoms with Gasteiger partial charge in [-0.15, -0.1) is 0 Å². The first-order valence-electron chi connectivity index (χ1n) is 10.7. The van der Waals surface area contributed by atoms with E-state index in [1.807, 2.05) is 24.3 Å². The maximum Gasteiger partial charge on any atom is 0.321 e. The van der Waals surface area contributed by atoms with E-state index in [1.54, 1.807) is 18.7 Å². The highest BCUT2D eigenvalue weighted by molar-refractivity contribution is 7.90. The number of sulfonamides is 1. The molecule has 2 aliphatic heterocycles. The Balaban J connectivity index is 1.54. The molecule has 0 aliphatic carbocycles. The summed E-state index contributed by atoms with van der Waals surface area (Å²) >= 11 is 0. The lowest BCUT2D eigenvalue weighted by molar-refractivity contribution is -0.00521. The third-order valence-electron chi connectivity index (χ3n) is 5.62. The zero-order valence-electron chi connectivity index (χ0n) is 18.3. The summed E-state index contributed by atoms with van der Waals surface area (Å²) in [6.07, 6.45) is 1.56. The molecule has 2 unspecified atom stereocenters. The van der Waals surface area contributed by atoms with Crippen molar-refractivity contribution in [3.05, 3.63) is 24.3 Å². The molecule has 0 bridgehead atoms. The second kappa shape index (κ2) is 9.53. The van der Waals surface area contributed by atoms with Crippen LogP contribution in [0.25, 0.3) is 0 Å². The summed E-state index contributed by atoms with van der Waals surface area (Å²) in [4.78, 5) is 16.7. The first-order chi connectivity index (χ1) is 14.1. The number of morpholine rings is 1. The van der Waals surface area contributed by atoms with Crippen molar-refractivity contribution in [3.63, 3.8) is 0 Å². The number of urea groups is 1. The number of ether oxygens (including phenoxy) is 1. The van der Waals surface area contributed by atoms with Gasteiger partial charge in [-0.3, -0.25) is 0 Å². The quantitative estimate of drug-likeness (QED) is 0.738. The summed E-state index contributed by atoms with van der Waals surface area (Å²) < 4.78 is 32.6. The number of carbonyl (C=O) groups excluding carboxylic acids is 1. The van der Waals surface area contributed by atoms with Crippen LogP contribution in [0.1, 0.15) is 40.5 Å². The number of hydrogen-bond donors (Lipinski definition) is 2. The average Bonchev–Trinajstić information content (AvgIpc) is 2.67. The summed E-state index contributed by atoms with van der Waals surface area (Å²) in [5, 5.41) is 2.53. The van der Waals surface area contributed by atoms with Gasteiger partial charge in [0.2, 0.25) is 10.0 Å². The Morgan fingerprint density at radius 2 is 1.77 bits per heavy atom. The van der Waals surface area contributed by atoms with E-state index in [9.17, 15) is 13.2 Å². The number of nitrogens with one attached hydrogen (secondary N) is 2. The van der Waals surface area contributed by atoms with Crippen molar-refractivity contribution in [2.24, 2.45) is 0 Å². The second-order valence-corrected chi connectivity index (χ2v) is 10.9. The highest BCUT2D eigenvalue weighted by Gasteiger charge is 2.27. The van der Waals surface area contributed by atoms with Gasteiger partial charge in [0.05, 0.1) is 17.5 Å². The molecule has 30 heavy (non-hydrogen) atoms. The predicted molar refractivity (Wildman–Crippen MR) is 119 cm³/mol. The molecule has 2 amide bonds. The van der Waals surface area contributed by atoms with Crippen LogP contribution in [0.3, 0.4) is 0 Å². The Labute approximate surface area is 180 Å². The van der Waals surface area contributed by atoms with Gasteiger partial charge < -0.3 is 19.9 Å². The highest BCUT2D eigenvalue weighted by Crippen LogP contribution is 2.24. The molecule has 168 valence electrons. The van der Waals surface area contributed by atoms with Crippen LogP contribution in [0.15, 0.2) is 24.3 Å². The van der Waals surface area contributed by atoms with Crippen LogP contribution < -0.4 is 14.9 Å². The predicted octanol–water partition coefficient (Wildman–Crippen LogP) is 2.62. The van der Waals surface area contributed by atoms with Crippen LogP contribution in [-0.4, -0.2) is 69.0 Å². The molecule has 0 spiro atoms. The molecule has 0 saturated carbocycles. The summed E-state index contributed by atoms with van der Waals surface area (Å²) in [5.41, 5.74) is 1.82. The number of piperidine rings is 1. The van der Waals surface area contributed by atoms with Crippen LogP contribution in [0.4, 0.5) is 16.2 Å². The number of amides is 2. The van der Waals surface area contributed by atoms with Gasteiger partial charge in [-0.2, -0.15) is 0 Å². The van der Waals surface area contributed by atoms with Crippen molar-refractivity contribution in [3.8, 4) is 0 Å². The zero-order valence-corrected chi connectivity index (χ0v) is 19.1. The van der Waals surface area contributed by atoms with E-state index in [2.05, 4.69) is 28.8 Å². The molecule has 1 aromatic rings. The number of anilines is 2. The molecular formula is C21H34N4O4S. The number of rotatable bonds is 5. The fourth-order valence-electron chi connectivity index (χ4n) is 3.94. The summed E-state index contributed by atoms with van der Waals surface area (Å²) in [7, 11) is -3.29. The zero-order chi connectivity index (χ0) is 21.9. The van der Waals surface area contributed by atoms with E-state index >= 15 is 0 Å². The van der Waals surface area contributed by atoms with Crippen molar-refractivity contribution < 1.29 is 17.9 Å². The fraction of sp³-hybridized carbons (Fsp3) is 0.667. The van der Waals surface area contributed by atoms with Gasteiger partial charge in [0.25, 0.3) is 0 Å². The van der Waals surface area contributed by atoms with Crippen LogP contribution in [0.2, 0.25) is 0 Å². The van der Waals surface area contributed by atoms with Gasteiger partial charge in [0.1, 0.15) is 0 Å². The molecule has 9 heteroatoms. The van der Waals surface area contributed by atoms with Gasteiger partial charge in [-0.25, -0.2) is 17.9 Å². The molecule has 3 rings (SSSR count). The Morgan fingerprint density at radius 3 is 2.37 bits per heavy atom. The van der Waals surface area contributed by atoms with Gasteiger partial charge in [-0.05, 0) is 58.7 Å². The van der Waals surface area contributed by atoms with Crippen molar-refractivity contribution in [2.75, 3.05) is 36.4 Å². The van der Waals surface area contributed by atoms with Gasteiger partial charge in [0.15, 0.2) is 0 Å². The van der Waals surface area contributed by atoms with E-state index in [0.717, 1.165) is 24.5 Å². The molecule has 1 aromatic carbocycles. The van der Waals surface area contributed by atoms with Crippen LogP contribution in [0, 0.1) is 0 Å². The number of likely N-dealkylation sites (tertiary alicyclic amines) is 1.